The van der Waals surface area contributed by atoms with Crippen LogP contribution in [-0.4, -0.2) is 11.6 Å². The molecule has 0 rings (SSSR count). The summed E-state index contributed by atoms with van der Waals surface area (Å²) in [5.74, 6) is 0. The summed E-state index contributed by atoms with van der Waals surface area (Å²) in [5, 5.41) is 0. The lowest BCUT2D eigenvalue weighted by Crippen LogP contribution is -1.47. The summed E-state index contributed by atoms with van der Waals surface area (Å²) in [7, 11) is -1.87. The van der Waals surface area contributed by atoms with E-state index in [-0.39, 0.29) is 0 Å². The fourth-order valence-electron chi connectivity index (χ4n) is 0. The molecule has 3 heteroatoms. The van der Waals surface area contributed by atoms with E-state index in [9.17, 15) is 0 Å². The minimum atomic E-state index is -1.87. The molecular weight excluding hydrogens is 123 g/mol. The highest BCUT2D eigenvalue weighted by Crippen LogP contribution is 1.99. The fourth-order valence-corrected chi connectivity index (χ4v) is 0. The molecule has 0 saturated heterocycles. The largest absolute Gasteiger partial charge is 0.502 e. The molecule has 0 amide bonds. The molecule has 8 heavy (non-hydrogen) atoms. The monoisotopic (exact) mass is 137 g/mol. The Balaban J connectivity index is 0. The van der Waals surface area contributed by atoms with Crippen LogP contribution in [0.15, 0.2) is 0 Å². The van der Waals surface area contributed by atoms with Crippen LogP contribution in [0.3, 0.4) is 0 Å². The Kier molecular flexibility index (Phi) is 13.8. The van der Waals surface area contributed by atoms with Gasteiger partial charge in [-0.1, -0.05) is 26.7 Å². The molecule has 0 aromatic carbocycles. The molecule has 0 aromatic heterocycles. The molecule has 0 aliphatic carbocycles. The first kappa shape index (κ1) is 10.9. The van der Waals surface area contributed by atoms with Gasteiger partial charge in [0, 0.05) is 0 Å². The van der Waals surface area contributed by atoms with Gasteiger partial charge in [0.1, 0.15) is 0 Å². The van der Waals surface area contributed by atoms with Crippen LogP contribution in [0.4, 0.5) is 0 Å². The third kappa shape index (κ3) is 138. The Bertz CT molecular complexity index is 48.4. The van der Waals surface area contributed by atoms with Crippen LogP contribution in [0.25, 0.3) is 0 Å². The Morgan fingerprint density at radius 1 is 1.38 bits per heavy atom. The zero-order valence-corrected chi connectivity index (χ0v) is 6.61. The van der Waals surface area contributed by atoms with Crippen molar-refractivity contribution in [1.82, 2.24) is 0 Å². The molecule has 0 heterocycles. The van der Waals surface area contributed by atoms with E-state index in [1.807, 2.05) is 0 Å². The van der Waals surface area contributed by atoms with Crippen LogP contribution in [0.1, 0.15) is 26.7 Å². The maximum absolute atomic E-state index is 9.15. The fraction of sp³-hybridized carbons (Fsp3) is 1.00. The second-order valence-corrected chi connectivity index (χ2v) is 2.39. The molecule has 1 N–H and O–H groups in total. The Morgan fingerprint density at radius 2 is 1.50 bits per heavy atom. The maximum atomic E-state index is 9.15. The minimum absolute atomic E-state index is 1.23. The van der Waals surface area contributed by atoms with Gasteiger partial charge in [-0.2, -0.15) is 4.89 Å². The second kappa shape index (κ2) is 10.1. The van der Waals surface area contributed by atoms with E-state index >= 15 is 0 Å². The van der Waals surface area contributed by atoms with E-state index in [4.69, 9.17) is 9.46 Å². The molecule has 2 nitrogen and oxygen atoms in total. The normalized spacial score (nSPS) is 9.25. The van der Waals surface area contributed by atoms with Gasteiger partial charge in [0.25, 0.3) is 0 Å². The van der Waals surface area contributed by atoms with E-state index in [2.05, 4.69) is 13.8 Å². The molecule has 0 aliphatic heterocycles. The van der Waals surface area contributed by atoms with Gasteiger partial charge < -0.3 is 0 Å². The van der Waals surface area contributed by atoms with Crippen LogP contribution >= 0.6 is 8.03 Å². The molecule has 1 atom stereocenters. The molecule has 0 aromatic rings. The average Bonchev–Trinajstić information content (AvgIpc) is 1.65. The summed E-state index contributed by atoms with van der Waals surface area (Å²) in [6.45, 7) is 5.59. The van der Waals surface area contributed by atoms with E-state index in [0.29, 0.717) is 0 Å². The first-order chi connectivity index (χ1) is 3.65. The third-order valence-corrected chi connectivity index (χ3v) is 0.500. The van der Waals surface area contributed by atoms with Crippen LogP contribution in [0, 0.1) is 0 Å². The van der Waals surface area contributed by atoms with Crippen molar-refractivity contribution in [3.63, 3.8) is 0 Å². The van der Waals surface area contributed by atoms with Gasteiger partial charge >= 0.3 is 8.03 Å². The van der Waals surface area contributed by atoms with Crippen LogP contribution in [0.5, 0.6) is 0 Å². The lowest BCUT2D eigenvalue weighted by Gasteiger charge is -1.68. The van der Waals surface area contributed by atoms with Gasteiger partial charge in [0.2, 0.25) is 0 Å². The molecule has 50 valence electrons. The second-order valence-electron chi connectivity index (χ2n) is 1.46. The molecule has 1 unspecified atom stereocenters. The van der Waals surface area contributed by atoms with Crippen molar-refractivity contribution in [3.05, 3.63) is 0 Å². The summed E-state index contributed by atoms with van der Waals surface area (Å²) >= 11 is 0. The first-order valence-electron chi connectivity index (χ1n) is 2.74. The van der Waals surface area contributed by atoms with Gasteiger partial charge in [0.05, 0.1) is 0 Å². The number of rotatable bonds is 1. The van der Waals surface area contributed by atoms with E-state index < -0.39 is 8.03 Å². The zero-order valence-electron chi connectivity index (χ0n) is 5.72. The molecule has 0 aliphatic rings. The highest BCUT2D eigenvalue weighted by atomic mass is 31.1. The Hall–Kier alpha value is 0.0600. The quantitative estimate of drug-likeness (QED) is 0.562. The summed E-state index contributed by atoms with van der Waals surface area (Å²) < 4.78 is 9.15. The van der Waals surface area contributed by atoms with Crippen molar-refractivity contribution in [1.29, 1.82) is 0 Å². The first-order valence-corrected chi connectivity index (χ1v) is 4.40. The number of unbranched alkanes of at least 4 members (excludes halogenated alkanes) is 1. The lowest BCUT2D eigenvalue weighted by atomic mass is 10.4. The molecule has 0 saturated carbocycles. The van der Waals surface area contributed by atoms with Gasteiger partial charge in [-0.15, -0.1) is 0 Å². The van der Waals surface area contributed by atoms with Crippen LogP contribution in [-0.2, 0) is 4.57 Å². The summed E-state index contributed by atoms with van der Waals surface area (Å²) in [5.41, 5.74) is 0. The molecule has 0 fully saturated rings. The molecular formula is C5H14O2P+. The minimum Gasteiger partial charge on any atom is -0.161 e. The average molecular weight is 137 g/mol. The highest BCUT2D eigenvalue weighted by Gasteiger charge is 1.86. The van der Waals surface area contributed by atoms with Crippen molar-refractivity contribution in [2.75, 3.05) is 6.66 Å². The van der Waals surface area contributed by atoms with Crippen LogP contribution in [0.2, 0.25) is 0 Å². The van der Waals surface area contributed by atoms with Crippen molar-refractivity contribution in [2.24, 2.45) is 0 Å². The molecule has 0 spiro atoms. The summed E-state index contributed by atoms with van der Waals surface area (Å²) in [6, 6.07) is 0. The van der Waals surface area contributed by atoms with Crippen molar-refractivity contribution in [3.8, 4) is 0 Å². The SMILES string of the molecule is CCCC.C[P+](=O)O. The van der Waals surface area contributed by atoms with Crippen molar-refractivity contribution >= 4 is 8.03 Å². The summed E-state index contributed by atoms with van der Waals surface area (Å²) in [6.07, 6.45) is 2.64. The van der Waals surface area contributed by atoms with Gasteiger partial charge in [-0.25, -0.2) is 0 Å². The standard InChI is InChI=1S/C4H10.CH3O2P/c1-3-4-2;1-4(2)3/h3-4H2,1-2H3;1H3/p+1. The van der Waals surface area contributed by atoms with Gasteiger partial charge in [-0.3, -0.25) is 0 Å². The summed E-state index contributed by atoms with van der Waals surface area (Å²) in [4.78, 5) is 7.56. The maximum Gasteiger partial charge on any atom is 0.502 e. The zero-order chi connectivity index (χ0) is 6.99. The highest BCUT2D eigenvalue weighted by molar-refractivity contribution is 7.36. The Morgan fingerprint density at radius 3 is 1.50 bits per heavy atom. The van der Waals surface area contributed by atoms with E-state index in [1.165, 1.54) is 19.5 Å². The molecule has 0 radical (unpaired) electrons. The Labute approximate surface area is 51.8 Å². The van der Waals surface area contributed by atoms with E-state index in [1.54, 1.807) is 0 Å². The van der Waals surface area contributed by atoms with Gasteiger partial charge in [0.15, 0.2) is 6.66 Å². The van der Waals surface area contributed by atoms with Crippen LogP contribution < -0.4 is 0 Å². The lowest BCUT2D eigenvalue weighted by molar-refractivity contribution is 0.509. The van der Waals surface area contributed by atoms with E-state index in [0.717, 1.165) is 0 Å². The van der Waals surface area contributed by atoms with Crippen molar-refractivity contribution < 1.29 is 9.46 Å². The predicted octanol–water partition coefficient (Wildman–Crippen LogP) is 2.16. The van der Waals surface area contributed by atoms with Gasteiger partial charge in [-0.05, 0) is 4.57 Å². The number of hydrogen-bond acceptors (Lipinski definition) is 1. The molecule has 0 bridgehead atoms. The van der Waals surface area contributed by atoms with Crippen molar-refractivity contribution in [2.45, 2.75) is 26.7 Å². The third-order valence-electron chi connectivity index (χ3n) is 0.500. The smallest absolute Gasteiger partial charge is 0.161 e. The topological polar surface area (TPSA) is 37.3 Å². The predicted molar refractivity (Wildman–Crippen MR) is 36.3 cm³/mol. The number of hydrogen-bond donors (Lipinski definition) is 1.